The third-order valence-corrected chi connectivity index (χ3v) is 5.79. The molecule has 0 radical (unpaired) electrons. The summed E-state index contributed by atoms with van der Waals surface area (Å²) < 4.78 is 25.0. The average molecular weight is 351 g/mol. The summed E-state index contributed by atoms with van der Waals surface area (Å²) in [5, 5.41) is 0.0510. The normalized spacial score (nSPS) is 16.1. The van der Waals surface area contributed by atoms with Gasteiger partial charge in [0.25, 0.3) is 7.51 Å². The number of hydrogen-bond acceptors (Lipinski definition) is 7. The van der Waals surface area contributed by atoms with E-state index in [4.69, 9.17) is 18.5 Å². The molecule has 0 N–H and O–H groups in total. The van der Waals surface area contributed by atoms with Crippen LogP contribution in [0.2, 0.25) is 0 Å². The van der Waals surface area contributed by atoms with Crippen molar-refractivity contribution >= 4 is 25.1 Å². The van der Waals surface area contributed by atoms with E-state index in [-0.39, 0.29) is 10.9 Å². The molecule has 0 amide bonds. The Kier molecular flexibility index (Phi) is 5.72. The van der Waals surface area contributed by atoms with Crippen LogP contribution >= 0.6 is 7.51 Å². The minimum absolute atomic E-state index is 0.0510. The predicted octanol–water partition coefficient (Wildman–Crippen LogP) is 2.97. The van der Waals surface area contributed by atoms with Crippen LogP contribution in [0.5, 0.6) is 0 Å². The fraction of sp³-hybridized carbons (Fsp3) is 0.250. The molecule has 1 aliphatic heterocycles. The Morgan fingerprint density at radius 2 is 1.50 bits per heavy atom. The minimum atomic E-state index is -3.10. The van der Waals surface area contributed by atoms with Crippen LogP contribution in [0.4, 0.5) is 0 Å². The lowest BCUT2D eigenvalue weighted by Crippen LogP contribution is -2.15. The Bertz CT molecular complexity index is 758. The quantitative estimate of drug-likeness (QED) is 0.599. The molecule has 0 saturated heterocycles. The molecule has 7 nitrogen and oxygen atoms in total. The van der Waals surface area contributed by atoms with Crippen LogP contribution in [0.1, 0.15) is 5.56 Å². The molecule has 0 bridgehead atoms. The molecule has 1 aliphatic rings. The van der Waals surface area contributed by atoms with E-state index in [0.29, 0.717) is 11.3 Å². The van der Waals surface area contributed by atoms with Crippen LogP contribution in [0, 0.1) is 0 Å². The molecule has 24 heavy (non-hydrogen) atoms. The van der Waals surface area contributed by atoms with Gasteiger partial charge < -0.3 is 18.5 Å². The highest BCUT2D eigenvalue weighted by molar-refractivity contribution is 7.62. The van der Waals surface area contributed by atoms with E-state index in [9.17, 15) is 9.59 Å². The highest BCUT2D eigenvalue weighted by Gasteiger charge is 2.37. The zero-order chi connectivity index (χ0) is 17.7. The SMILES string of the molecule is COC(=O)C1=CC(C(=O)OC)=C(c2ccccc2)N=P1(OC)OC. The van der Waals surface area contributed by atoms with Gasteiger partial charge in [0.2, 0.25) is 0 Å². The predicted molar refractivity (Wildman–Crippen MR) is 88.8 cm³/mol. The third kappa shape index (κ3) is 3.19. The van der Waals surface area contributed by atoms with E-state index in [1.165, 1.54) is 34.5 Å². The van der Waals surface area contributed by atoms with Crippen molar-refractivity contribution in [3.05, 3.63) is 52.9 Å². The van der Waals surface area contributed by atoms with E-state index >= 15 is 0 Å². The van der Waals surface area contributed by atoms with Gasteiger partial charge in [-0.25, -0.2) is 14.3 Å². The Labute approximate surface area is 140 Å². The minimum Gasteiger partial charge on any atom is -0.465 e. The van der Waals surface area contributed by atoms with Crippen molar-refractivity contribution in [1.29, 1.82) is 0 Å². The summed E-state index contributed by atoms with van der Waals surface area (Å²) in [4.78, 5) is 24.3. The Hall–Kier alpha value is -2.21. The number of ether oxygens (including phenoxy) is 2. The Morgan fingerprint density at radius 3 is 2.00 bits per heavy atom. The third-order valence-electron chi connectivity index (χ3n) is 3.41. The lowest BCUT2D eigenvalue weighted by molar-refractivity contribution is -0.135. The second-order valence-corrected chi connectivity index (χ2v) is 7.08. The van der Waals surface area contributed by atoms with Gasteiger partial charge in [-0.2, -0.15) is 0 Å². The highest BCUT2D eigenvalue weighted by atomic mass is 31.2. The lowest BCUT2D eigenvalue weighted by atomic mass is 10.1. The van der Waals surface area contributed by atoms with E-state index in [1.54, 1.807) is 12.1 Å². The lowest BCUT2D eigenvalue weighted by Gasteiger charge is -2.26. The maximum absolute atomic E-state index is 12.2. The van der Waals surface area contributed by atoms with Gasteiger partial charge in [-0.05, 0) is 6.08 Å². The number of nitrogens with zero attached hydrogens (tertiary/aromatic N) is 1. The zero-order valence-electron chi connectivity index (χ0n) is 13.8. The standard InChI is InChI=1S/C16H18NO6P/c1-20-15(18)12-10-13(16(19)21-2)24(22-3,23-4)17-14(12)11-8-6-5-7-9-11/h5-10H,1-4H3. The summed E-state index contributed by atoms with van der Waals surface area (Å²) in [6.45, 7) is 0. The molecule has 0 aromatic heterocycles. The first-order valence-corrected chi connectivity index (χ1v) is 8.53. The number of esters is 2. The molecule has 2 rings (SSSR count). The molecule has 8 heteroatoms. The molecule has 1 aromatic carbocycles. The van der Waals surface area contributed by atoms with Gasteiger partial charge in [0.15, 0.2) is 0 Å². The van der Waals surface area contributed by atoms with Crippen LogP contribution in [-0.4, -0.2) is 40.4 Å². The van der Waals surface area contributed by atoms with Crippen LogP contribution < -0.4 is 0 Å². The maximum Gasteiger partial charge on any atom is 0.344 e. The van der Waals surface area contributed by atoms with Crippen molar-refractivity contribution < 1.29 is 28.1 Å². The summed E-state index contributed by atoms with van der Waals surface area (Å²) in [5.41, 5.74) is 1.15. The van der Waals surface area contributed by atoms with E-state index in [1.807, 2.05) is 18.2 Å². The highest BCUT2D eigenvalue weighted by Crippen LogP contribution is 2.62. The Balaban J connectivity index is 2.82. The first kappa shape index (κ1) is 18.1. The number of hydrogen-bond donors (Lipinski definition) is 0. The smallest absolute Gasteiger partial charge is 0.344 e. The number of methoxy groups -OCH3 is 2. The van der Waals surface area contributed by atoms with Gasteiger partial charge in [-0.15, -0.1) is 0 Å². The van der Waals surface area contributed by atoms with E-state index in [2.05, 4.69) is 4.74 Å². The van der Waals surface area contributed by atoms with Crippen LogP contribution in [0.3, 0.4) is 0 Å². The molecule has 0 spiro atoms. The first-order valence-electron chi connectivity index (χ1n) is 6.95. The summed E-state index contributed by atoms with van der Waals surface area (Å²) in [6.07, 6.45) is 1.37. The second-order valence-electron chi connectivity index (χ2n) is 4.63. The fourth-order valence-corrected chi connectivity index (χ4v) is 4.15. The maximum atomic E-state index is 12.2. The fourth-order valence-electron chi connectivity index (χ4n) is 2.23. The average Bonchev–Trinajstić information content (AvgIpc) is 2.66. The topological polar surface area (TPSA) is 83.4 Å². The van der Waals surface area contributed by atoms with Crippen molar-refractivity contribution in [3.8, 4) is 0 Å². The monoisotopic (exact) mass is 351 g/mol. The molecule has 128 valence electrons. The van der Waals surface area contributed by atoms with Crippen LogP contribution in [-0.2, 0) is 28.1 Å². The molecule has 0 aliphatic carbocycles. The van der Waals surface area contributed by atoms with Crippen molar-refractivity contribution in [3.63, 3.8) is 0 Å². The summed E-state index contributed by atoms with van der Waals surface area (Å²) in [5.74, 6) is -1.30. The molecular formula is C16H18NO6P. The molecule has 1 heterocycles. The van der Waals surface area contributed by atoms with Gasteiger partial charge in [0.1, 0.15) is 5.31 Å². The first-order chi connectivity index (χ1) is 11.5. The van der Waals surface area contributed by atoms with Crippen LogP contribution in [0.25, 0.3) is 5.70 Å². The van der Waals surface area contributed by atoms with E-state index in [0.717, 1.165) is 0 Å². The molecule has 0 unspecified atom stereocenters. The zero-order valence-corrected chi connectivity index (χ0v) is 14.7. The second kappa shape index (κ2) is 7.57. The summed E-state index contributed by atoms with van der Waals surface area (Å²) in [6, 6.07) is 9.05. The van der Waals surface area contributed by atoms with Gasteiger partial charge >= 0.3 is 11.9 Å². The summed E-state index contributed by atoms with van der Waals surface area (Å²) >= 11 is 0. The summed E-state index contributed by atoms with van der Waals surface area (Å²) in [7, 11) is 2.18. The number of rotatable bonds is 5. The van der Waals surface area contributed by atoms with Crippen LogP contribution in [0.15, 0.2) is 52.0 Å². The molecule has 0 fully saturated rings. The van der Waals surface area contributed by atoms with E-state index < -0.39 is 19.4 Å². The molecular weight excluding hydrogens is 333 g/mol. The van der Waals surface area contributed by atoms with Gasteiger partial charge in [0, 0.05) is 19.8 Å². The van der Waals surface area contributed by atoms with Gasteiger partial charge in [-0.1, -0.05) is 30.3 Å². The molecule has 0 atom stereocenters. The van der Waals surface area contributed by atoms with Gasteiger partial charge in [0.05, 0.1) is 25.5 Å². The molecule has 0 saturated carbocycles. The van der Waals surface area contributed by atoms with Gasteiger partial charge in [-0.3, -0.25) is 0 Å². The largest absolute Gasteiger partial charge is 0.465 e. The number of carbonyl (C=O) groups excluding carboxylic acids is 2. The van der Waals surface area contributed by atoms with Crippen molar-refractivity contribution in [1.82, 2.24) is 0 Å². The van der Waals surface area contributed by atoms with Crippen molar-refractivity contribution in [2.24, 2.45) is 4.74 Å². The molecule has 1 aromatic rings. The van der Waals surface area contributed by atoms with Crippen molar-refractivity contribution in [2.45, 2.75) is 0 Å². The number of carbonyl (C=O) groups is 2. The Morgan fingerprint density at radius 1 is 0.917 bits per heavy atom. The van der Waals surface area contributed by atoms with Crippen molar-refractivity contribution in [2.75, 3.05) is 28.4 Å². The number of benzene rings is 1.